The van der Waals surface area contributed by atoms with Crippen LogP contribution in [0.25, 0.3) is 0 Å². The first-order valence-corrected chi connectivity index (χ1v) is 6.03. The smallest absolute Gasteiger partial charge is 0.246 e. The van der Waals surface area contributed by atoms with E-state index in [9.17, 15) is 9.59 Å². The highest BCUT2D eigenvalue weighted by Gasteiger charge is 2.34. The lowest BCUT2D eigenvalue weighted by Gasteiger charge is -2.34. The molecule has 1 aliphatic rings. The van der Waals surface area contributed by atoms with Crippen LogP contribution in [0.15, 0.2) is 12.4 Å². The fourth-order valence-electron chi connectivity index (χ4n) is 2.09. The summed E-state index contributed by atoms with van der Waals surface area (Å²) in [6, 6.07) is -0.414. The number of piperazine rings is 1. The summed E-state index contributed by atoms with van der Waals surface area (Å²) < 4.78 is 1.68. The minimum absolute atomic E-state index is 0.0200. The zero-order chi connectivity index (χ0) is 13.3. The summed E-state index contributed by atoms with van der Waals surface area (Å²) in [5.74, 6) is -0.0243. The molecule has 2 heterocycles. The van der Waals surface area contributed by atoms with E-state index >= 15 is 0 Å². The van der Waals surface area contributed by atoms with Crippen LogP contribution in [0, 0.1) is 5.92 Å². The minimum Gasteiger partial charge on any atom is -0.343 e. The molecule has 6 nitrogen and oxygen atoms in total. The summed E-state index contributed by atoms with van der Waals surface area (Å²) in [4.78, 5) is 25.4. The fourth-order valence-corrected chi connectivity index (χ4v) is 2.09. The normalized spacial score (nSPS) is 20.4. The second-order valence-corrected chi connectivity index (χ2v) is 5.01. The second-order valence-electron chi connectivity index (χ2n) is 5.01. The molecule has 1 atom stereocenters. The van der Waals surface area contributed by atoms with Gasteiger partial charge in [-0.05, 0) is 5.92 Å². The van der Waals surface area contributed by atoms with Crippen molar-refractivity contribution in [2.24, 2.45) is 13.0 Å². The maximum atomic E-state index is 12.2. The number of carbonyl (C=O) groups is 2. The summed E-state index contributed by atoms with van der Waals surface area (Å²) >= 11 is 0. The van der Waals surface area contributed by atoms with Gasteiger partial charge in [-0.25, -0.2) is 0 Å². The van der Waals surface area contributed by atoms with Gasteiger partial charge in [-0.3, -0.25) is 14.3 Å². The quantitative estimate of drug-likeness (QED) is 0.815. The third-order valence-corrected chi connectivity index (χ3v) is 3.03. The van der Waals surface area contributed by atoms with Gasteiger partial charge in [-0.2, -0.15) is 5.10 Å². The lowest BCUT2D eigenvalue weighted by molar-refractivity contribution is -0.146. The SMILES string of the molecule is CC(C)C1NC(=O)CN(Cc2cnn(C)c2)C1=O. The molecule has 0 bridgehead atoms. The van der Waals surface area contributed by atoms with Gasteiger partial charge in [-0.1, -0.05) is 13.8 Å². The molecule has 1 aromatic rings. The van der Waals surface area contributed by atoms with Crippen LogP contribution in [0.5, 0.6) is 0 Å². The summed E-state index contributed by atoms with van der Waals surface area (Å²) in [5.41, 5.74) is 0.933. The summed E-state index contributed by atoms with van der Waals surface area (Å²) in [6.45, 7) is 4.41. The van der Waals surface area contributed by atoms with Crippen LogP contribution >= 0.6 is 0 Å². The van der Waals surface area contributed by atoms with Crippen LogP contribution in [0.3, 0.4) is 0 Å². The summed E-state index contributed by atoms with van der Waals surface area (Å²) in [6.07, 6.45) is 3.56. The molecule has 1 saturated heterocycles. The molecule has 18 heavy (non-hydrogen) atoms. The molecule has 0 saturated carbocycles. The third-order valence-electron chi connectivity index (χ3n) is 3.03. The first kappa shape index (κ1) is 12.6. The zero-order valence-electron chi connectivity index (χ0n) is 10.9. The lowest BCUT2D eigenvalue weighted by Crippen LogP contribution is -2.59. The van der Waals surface area contributed by atoms with E-state index < -0.39 is 6.04 Å². The van der Waals surface area contributed by atoms with Gasteiger partial charge in [0.15, 0.2) is 0 Å². The molecule has 0 aliphatic carbocycles. The lowest BCUT2D eigenvalue weighted by atomic mass is 10.0. The zero-order valence-corrected chi connectivity index (χ0v) is 10.9. The van der Waals surface area contributed by atoms with Crippen molar-refractivity contribution < 1.29 is 9.59 Å². The topological polar surface area (TPSA) is 67.2 Å². The molecule has 1 aromatic heterocycles. The predicted octanol–water partition coefficient (Wildman–Crippen LogP) is -0.0969. The molecule has 1 fully saturated rings. The Hall–Kier alpha value is -1.85. The summed E-state index contributed by atoms with van der Waals surface area (Å²) in [5, 5.41) is 6.79. The number of amides is 2. The highest BCUT2D eigenvalue weighted by atomic mass is 16.2. The van der Waals surface area contributed by atoms with E-state index in [1.807, 2.05) is 27.1 Å². The van der Waals surface area contributed by atoms with Crippen molar-refractivity contribution >= 4 is 11.8 Å². The number of aromatic nitrogens is 2. The van der Waals surface area contributed by atoms with Crippen LogP contribution in [-0.4, -0.2) is 39.1 Å². The first-order valence-electron chi connectivity index (χ1n) is 6.03. The van der Waals surface area contributed by atoms with Gasteiger partial charge in [0.1, 0.15) is 6.04 Å². The molecule has 2 amide bonds. The van der Waals surface area contributed by atoms with E-state index in [0.717, 1.165) is 5.56 Å². The summed E-state index contributed by atoms with van der Waals surface area (Å²) in [7, 11) is 1.82. The van der Waals surface area contributed by atoms with Gasteiger partial charge in [0, 0.05) is 25.4 Å². The van der Waals surface area contributed by atoms with Crippen LogP contribution in [0.4, 0.5) is 0 Å². The standard InChI is InChI=1S/C12H18N4O2/c1-8(2)11-12(18)16(7-10(17)14-11)6-9-4-13-15(3)5-9/h4-5,8,11H,6-7H2,1-3H3,(H,14,17). The molecule has 1 aliphatic heterocycles. The van der Waals surface area contributed by atoms with E-state index in [1.54, 1.807) is 15.8 Å². The van der Waals surface area contributed by atoms with Crippen molar-refractivity contribution in [3.05, 3.63) is 18.0 Å². The number of hydrogen-bond acceptors (Lipinski definition) is 3. The number of hydrogen-bond donors (Lipinski definition) is 1. The largest absolute Gasteiger partial charge is 0.343 e. The molecule has 1 unspecified atom stereocenters. The number of rotatable bonds is 3. The number of nitrogens with zero attached hydrogens (tertiary/aromatic N) is 3. The van der Waals surface area contributed by atoms with Gasteiger partial charge in [0.25, 0.3) is 0 Å². The van der Waals surface area contributed by atoms with E-state index in [1.165, 1.54) is 0 Å². The Morgan fingerprint density at radius 2 is 2.22 bits per heavy atom. The molecule has 98 valence electrons. The van der Waals surface area contributed by atoms with Gasteiger partial charge < -0.3 is 10.2 Å². The maximum absolute atomic E-state index is 12.2. The Bertz CT molecular complexity index is 466. The van der Waals surface area contributed by atoms with E-state index in [-0.39, 0.29) is 24.3 Å². The monoisotopic (exact) mass is 250 g/mol. The van der Waals surface area contributed by atoms with Crippen molar-refractivity contribution in [2.75, 3.05) is 6.54 Å². The van der Waals surface area contributed by atoms with Gasteiger partial charge in [-0.15, -0.1) is 0 Å². The molecule has 2 rings (SSSR count). The van der Waals surface area contributed by atoms with Crippen LogP contribution < -0.4 is 5.32 Å². The average Bonchev–Trinajstić information content (AvgIpc) is 2.68. The van der Waals surface area contributed by atoms with Crippen LogP contribution in [0.1, 0.15) is 19.4 Å². The molecule has 0 radical (unpaired) electrons. The van der Waals surface area contributed by atoms with E-state index in [2.05, 4.69) is 10.4 Å². The first-order chi connectivity index (χ1) is 8.47. The van der Waals surface area contributed by atoms with Crippen LogP contribution in [-0.2, 0) is 23.2 Å². The van der Waals surface area contributed by atoms with Crippen LogP contribution in [0.2, 0.25) is 0 Å². The van der Waals surface area contributed by atoms with Crippen molar-refractivity contribution in [1.29, 1.82) is 0 Å². The highest BCUT2D eigenvalue weighted by molar-refractivity contribution is 5.94. The number of carbonyl (C=O) groups excluding carboxylic acids is 2. The molecule has 1 N–H and O–H groups in total. The van der Waals surface area contributed by atoms with E-state index in [0.29, 0.717) is 6.54 Å². The number of aryl methyl sites for hydroxylation is 1. The highest BCUT2D eigenvalue weighted by Crippen LogP contribution is 2.13. The third kappa shape index (κ3) is 2.52. The van der Waals surface area contributed by atoms with Gasteiger partial charge in [0.2, 0.25) is 11.8 Å². The Morgan fingerprint density at radius 1 is 1.50 bits per heavy atom. The Kier molecular flexibility index (Phi) is 3.36. The second kappa shape index (κ2) is 4.80. The Balaban J connectivity index is 2.11. The van der Waals surface area contributed by atoms with E-state index in [4.69, 9.17) is 0 Å². The molecule has 0 spiro atoms. The Labute approximate surface area is 106 Å². The van der Waals surface area contributed by atoms with Crippen molar-refractivity contribution in [3.63, 3.8) is 0 Å². The van der Waals surface area contributed by atoms with Crippen molar-refractivity contribution in [1.82, 2.24) is 20.0 Å². The maximum Gasteiger partial charge on any atom is 0.246 e. The minimum atomic E-state index is -0.414. The van der Waals surface area contributed by atoms with Crippen molar-refractivity contribution in [2.45, 2.75) is 26.4 Å². The fraction of sp³-hybridized carbons (Fsp3) is 0.583. The number of nitrogens with one attached hydrogen (secondary N) is 1. The van der Waals surface area contributed by atoms with Gasteiger partial charge in [0.05, 0.1) is 12.7 Å². The molecule has 6 heteroatoms. The average molecular weight is 250 g/mol. The Morgan fingerprint density at radius 3 is 2.78 bits per heavy atom. The van der Waals surface area contributed by atoms with Crippen molar-refractivity contribution in [3.8, 4) is 0 Å². The molecule has 0 aromatic carbocycles. The molecular weight excluding hydrogens is 232 g/mol. The predicted molar refractivity (Wildman–Crippen MR) is 65.4 cm³/mol. The van der Waals surface area contributed by atoms with Gasteiger partial charge >= 0.3 is 0 Å². The molecular formula is C12H18N4O2.